The topological polar surface area (TPSA) is 15.3 Å². The highest BCUT2D eigenvalue weighted by molar-refractivity contribution is 6.31. The van der Waals surface area contributed by atoms with Crippen molar-refractivity contribution in [3.8, 4) is 0 Å². The molecule has 1 unspecified atom stereocenters. The zero-order valence-corrected chi connectivity index (χ0v) is 13.3. The molecule has 0 bridgehead atoms. The summed E-state index contributed by atoms with van der Waals surface area (Å²) < 4.78 is 13.5. The number of hydrogen-bond donors (Lipinski definition) is 1. The van der Waals surface area contributed by atoms with Gasteiger partial charge in [0.2, 0.25) is 0 Å². The van der Waals surface area contributed by atoms with Crippen molar-refractivity contribution < 1.29 is 4.39 Å². The van der Waals surface area contributed by atoms with Crippen LogP contribution in [0.25, 0.3) is 0 Å². The smallest absolute Gasteiger partial charge is 0.142 e. The molecule has 20 heavy (non-hydrogen) atoms. The summed E-state index contributed by atoms with van der Waals surface area (Å²) in [7, 11) is 0. The van der Waals surface area contributed by atoms with Gasteiger partial charge in [0.1, 0.15) is 5.82 Å². The zero-order chi connectivity index (χ0) is 14.8. The normalized spacial score (nSPS) is 20.6. The van der Waals surface area contributed by atoms with Crippen LogP contribution in [0.5, 0.6) is 0 Å². The van der Waals surface area contributed by atoms with Crippen molar-refractivity contribution in [2.45, 2.75) is 51.7 Å². The van der Waals surface area contributed by atoms with Crippen molar-refractivity contribution in [2.24, 2.45) is 0 Å². The quantitative estimate of drug-likeness (QED) is 0.909. The zero-order valence-electron chi connectivity index (χ0n) is 12.5. The molecular formula is C16H24ClFN2. The van der Waals surface area contributed by atoms with Gasteiger partial charge in [-0.25, -0.2) is 4.39 Å². The van der Waals surface area contributed by atoms with Crippen LogP contribution >= 0.6 is 11.6 Å². The van der Waals surface area contributed by atoms with Crippen LogP contribution in [0.1, 0.15) is 39.2 Å². The standard InChI is InChI=1S/C16H24ClFN2/c1-16(2,3)19-10-13-7-5-9-20(13)11-12-6-4-8-14(18)15(12)17/h4,6,8,13,19H,5,7,9-11H2,1-3H3. The largest absolute Gasteiger partial charge is 0.311 e. The predicted molar refractivity (Wildman–Crippen MR) is 82.6 cm³/mol. The molecule has 2 nitrogen and oxygen atoms in total. The molecule has 0 amide bonds. The van der Waals surface area contributed by atoms with E-state index in [9.17, 15) is 4.39 Å². The van der Waals surface area contributed by atoms with Crippen LogP contribution in [-0.4, -0.2) is 29.6 Å². The summed E-state index contributed by atoms with van der Waals surface area (Å²) in [4.78, 5) is 2.40. The Kier molecular flexibility index (Phi) is 5.05. The minimum Gasteiger partial charge on any atom is -0.311 e. The van der Waals surface area contributed by atoms with Crippen LogP contribution in [0.2, 0.25) is 5.02 Å². The summed E-state index contributed by atoms with van der Waals surface area (Å²) in [6.45, 7) is 9.29. The summed E-state index contributed by atoms with van der Waals surface area (Å²) in [5.41, 5.74) is 1.01. The summed E-state index contributed by atoms with van der Waals surface area (Å²) in [5.74, 6) is -0.326. The third-order valence-corrected chi connectivity index (χ3v) is 4.20. The summed E-state index contributed by atoms with van der Waals surface area (Å²) in [5, 5.41) is 3.82. The maximum atomic E-state index is 13.5. The van der Waals surface area contributed by atoms with Crippen molar-refractivity contribution in [3.63, 3.8) is 0 Å². The molecule has 1 heterocycles. The first kappa shape index (κ1) is 15.7. The fourth-order valence-electron chi connectivity index (χ4n) is 2.65. The van der Waals surface area contributed by atoms with Crippen LogP contribution in [0.3, 0.4) is 0 Å². The van der Waals surface area contributed by atoms with Crippen LogP contribution in [0.15, 0.2) is 18.2 Å². The lowest BCUT2D eigenvalue weighted by Gasteiger charge is -2.29. The van der Waals surface area contributed by atoms with Gasteiger partial charge in [0.05, 0.1) is 5.02 Å². The van der Waals surface area contributed by atoms with Gasteiger partial charge in [0, 0.05) is 24.7 Å². The summed E-state index contributed by atoms with van der Waals surface area (Å²) >= 11 is 6.05. The summed E-state index contributed by atoms with van der Waals surface area (Å²) in [6.07, 6.45) is 2.39. The first-order chi connectivity index (χ1) is 9.37. The van der Waals surface area contributed by atoms with Crippen molar-refractivity contribution >= 4 is 11.6 Å². The van der Waals surface area contributed by atoms with E-state index in [1.54, 1.807) is 6.07 Å². The van der Waals surface area contributed by atoms with E-state index in [-0.39, 0.29) is 16.4 Å². The van der Waals surface area contributed by atoms with Gasteiger partial charge >= 0.3 is 0 Å². The Bertz CT molecular complexity index is 456. The average molecular weight is 299 g/mol. The van der Waals surface area contributed by atoms with E-state index in [4.69, 9.17) is 11.6 Å². The lowest BCUT2D eigenvalue weighted by atomic mass is 10.1. The number of hydrogen-bond acceptors (Lipinski definition) is 2. The molecule has 0 saturated carbocycles. The number of likely N-dealkylation sites (tertiary alicyclic amines) is 1. The monoisotopic (exact) mass is 298 g/mol. The van der Waals surface area contributed by atoms with E-state index < -0.39 is 0 Å². The minimum atomic E-state index is -0.326. The van der Waals surface area contributed by atoms with Crippen LogP contribution in [0.4, 0.5) is 4.39 Å². The highest BCUT2D eigenvalue weighted by atomic mass is 35.5. The molecule has 1 aromatic carbocycles. The lowest BCUT2D eigenvalue weighted by Crippen LogP contribution is -2.45. The molecule has 2 rings (SSSR count). The molecule has 1 aliphatic rings. The molecule has 0 spiro atoms. The molecule has 112 valence electrons. The molecule has 4 heteroatoms. The van der Waals surface area contributed by atoms with Crippen LogP contribution in [-0.2, 0) is 6.54 Å². The minimum absolute atomic E-state index is 0.130. The molecule has 1 aliphatic heterocycles. The van der Waals surface area contributed by atoms with Gasteiger partial charge in [0.25, 0.3) is 0 Å². The van der Waals surface area contributed by atoms with Gasteiger partial charge in [0.15, 0.2) is 0 Å². The van der Waals surface area contributed by atoms with Crippen LogP contribution in [0, 0.1) is 5.82 Å². The molecule has 1 saturated heterocycles. The first-order valence-electron chi connectivity index (χ1n) is 7.29. The van der Waals surface area contributed by atoms with Gasteiger partial charge in [-0.2, -0.15) is 0 Å². The van der Waals surface area contributed by atoms with Gasteiger partial charge in [-0.3, -0.25) is 4.90 Å². The van der Waals surface area contributed by atoms with Gasteiger partial charge in [-0.05, 0) is 51.8 Å². The van der Waals surface area contributed by atoms with Gasteiger partial charge < -0.3 is 5.32 Å². The number of rotatable bonds is 4. The van der Waals surface area contributed by atoms with Crippen LogP contribution < -0.4 is 5.32 Å². The third kappa shape index (κ3) is 4.18. The highest BCUT2D eigenvalue weighted by Crippen LogP contribution is 2.25. The van der Waals surface area contributed by atoms with E-state index in [1.165, 1.54) is 18.9 Å². The Morgan fingerprint density at radius 3 is 2.85 bits per heavy atom. The fraction of sp³-hybridized carbons (Fsp3) is 0.625. The maximum absolute atomic E-state index is 13.5. The Morgan fingerprint density at radius 1 is 1.40 bits per heavy atom. The van der Waals surface area contributed by atoms with Gasteiger partial charge in [-0.15, -0.1) is 0 Å². The molecule has 1 fully saturated rings. The Balaban J connectivity index is 1.99. The SMILES string of the molecule is CC(C)(C)NCC1CCCN1Cc1cccc(F)c1Cl. The highest BCUT2D eigenvalue weighted by Gasteiger charge is 2.26. The average Bonchev–Trinajstić information content (AvgIpc) is 2.79. The molecule has 0 aliphatic carbocycles. The number of nitrogens with zero attached hydrogens (tertiary/aromatic N) is 1. The second-order valence-electron chi connectivity index (χ2n) is 6.61. The van der Waals surface area contributed by atoms with E-state index >= 15 is 0 Å². The number of benzene rings is 1. The molecule has 0 aromatic heterocycles. The molecule has 1 N–H and O–H groups in total. The van der Waals surface area contributed by atoms with Crippen molar-refractivity contribution in [3.05, 3.63) is 34.6 Å². The molecule has 1 aromatic rings. The van der Waals surface area contributed by atoms with E-state index in [0.717, 1.165) is 25.2 Å². The first-order valence-corrected chi connectivity index (χ1v) is 7.66. The Hall–Kier alpha value is -0.640. The molecular weight excluding hydrogens is 275 g/mol. The summed E-state index contributed by atoms with van der Waals surface area (Å²) in [6, 6.07) is 5.56. The second kappa shape index (κ2) is 6.42. The number of nitrogens with one attached hydrogen (secondary N) is 1. The van der Waals surface area contributed by atoms with Crippen molar-refractivity contribution in [1.82, 2.24) is 10.2 Å². The lowest BCUT2D eigenvalue weighted by molar-refractivity contribution is 0.225. The second-order valence-corrected chi connectivity index (χ2v) is 6.99. The maximum Gasteiger partial charge on any atom is 0.142 e. The van der Waals surface area contributed by atoms with E-state index in [2.05, 4.69) is 31.0 Å². The molecule has 0 radical (unpaired) electrons. The van der Waals surface area contributed by atoms with Crippen molar-refractivity contribution in [1.29, 1.82) is 0 Å². The van der Waals surface area contributed by atoms with Gasteiger partial charge in [-0.1, -0.05) is 23.7 Å². The fourth-order valence-corrected chi connectivity index (χ4v) is 2.83. The molecule has 1 atom stereocenters. The van der Waals surface area contributed by atoms with Crippen molar-refractivity contribution in [2.75, 3.05) is 13.1 Å². The third-order valence-electron chi connectivity index (χ3n) is 3.77. The Labute approximate surface area is 126 Å². The predicted octanol–water partition coefficient (Wildman–Crippen LogP) is 3.83. The Morgan fingerprint density at radius 2 is 2.15 bits per heavy atom. The van der Waals surface area contributed by atoms with E-state index in [0.29, 0.717) is 6.04 Å². The number of halogens is 2. The van der Waals surface area contributed by atoms with E-state index in [1.807, 2.05) is 6.07 Å².